The number of thioether (sulfide) groups is 1. The lowest BCUT2D eigenvalue weighted by molar-refractivity contribution is -0.115. The molecule has 2 aliphatic heterocycles. The number of fused-ring (bicyclic) bond motifs is 1. The van der Waals surface area contributed by atoms with Crippen molar-refractivity contribution in [3.63, 3.8) is 0 Å². The fourth-order valence-electron chi connectivity index (χ4n) is 4.71. The molecule has 1 saturated heterocycles. The Bertz CT molecular complexity index is 1120. The number of nitrogens with zero attached hydrogens (tertiary/aromatic N) is 1. The highest BCUT2D eigenvalue weighted by molar-refractivity contribution is 8.03. The maximum Gasteiger partial charge on any atom is 0.258 e. The number of aryl methyl sites for hydroxylation is 2. The third-order valence-electron chi connectivity index (χ3n) is 6.75. The van der Waals surface area contributed by atoms with Crippen LogP contribution in [0.4, 0.5) is 0 Å². The molecule has 2 atom stereocenters. The average Bonchev–Trinajstić information content (AvgIpc) is 3.10. The monoisotopic (exact) mass is 447 g/mol. The van der Waals surface area contributed by atoms with Crippen molar-refractivity contribution in [2.75, 3.05) is 5.75 Å². The number of amidine groups is 1. The minimum atomic E-state index is -0.0328. The Labute approximate surface area is 196 Å². The van der Waals surface area contributed by atoms with Gasteiger partial charge in [-0.3, -0.25) is 4.79 Å². The van der Waals surface area contributed by atoms with Crippen LogP contribution in [0.15, 0.2) is 68.5 Å². The highest BCUT2D eigenvalue weighted by Gasteiger charge is 2.36. The van der Waals surface area contributed by atoms with E-state index < -0.39 is 0 Å². The van der Waals surface area contributed by atoms with Crippen LogP contribution in [-0.2, 0) is 11.2 Å². The number of allylic oxidation sites excluding steroid dienone is 6. The molecule has 1 aliphatic carbocycles. The largest absolute Gasteiger partial charge is 0.346 e. The second-order valence-corrected chi connectivity index (χ2v) is 10.1. The third kappa shape index (κ3) is 4.23. The Morgan fingerprint density at radius 2 is 2.00 bits per heavy atom. The van der Waals surface area contributed by atoms with E-state index in [4.69, 9.17) is 0 Å². The van der Waals surface area contributed by atoms with Crippen molar-refractivity contribution in [3.05, 3.63) is 80.2 Å². The molecule has 0 aromatic heterocycles. The Balaban J connectivity index is 1.74. The fourth-order valence-corrected chi connectivity index (χ4v) is 5.45. The van der Waals surface area contributed by atoms with Crippen LogP contribution in [0.5, 0.6) is 0 Å². The Hall–Kier alpha value is -2.53. The molecule has 2 N–H and O–H groups in total. The molecular formula is C27H33N3OS. The molecule has 1 amide bonds. The highest BCUT2D eigenvalue weighted by Crippen LogP contribution is 2.42. The summed E-state index contributed by atoms with van der Waals surface area (Å²) in [5.41, 5.74) is 8.62. The summed E-state index contributed by atoms with van der Waals surface area (Å²) in [5.74, 6) is 2.29. The molecule has 4 rings (SSSR count). The zero-order valence-corrected chi connectivity index (χ0v) is 20.7. The van der Waals surface area contributed by atoms with Gasteiger partial charge in [-0.25, -0.2) is 4.99 Å². The first kappa shape index (κ1) is 22.7. The van der Waals surface area contributed by atoms with E-state index in [1.807, 2.05) is 13.8 Å². The highest BCUT2D eigenvalue weighted by atomic mass is 32.2. The summed E-state index contributed by atoms with van der Waals surface area (Å²) >= 11 is 1.79. The third-order valence-corrected chi connectivity index (χ3v) is 7.90. The number of hydrogen-bond acceptors (Lipinski definition) is 4. The molecule has 168 valence electrons. The van der Waals surface area contributed by atoms with E-state index in [-0.39, 0.29) is 11.8 Å². The van der Waals surface area contributed by atoms with Gasteiger partial charge < -0.3 is 10.6 Å². The zero-order valence-electron chi connectivity index (χ0n) is 19.9. The first-order valence-corrected chi connectivity index (χ1v) is 12.5. The van der Waals surface area contributed by atoms with Gasteiger partial charge in [0.2, 0.25) is 0 Å². The molecule has 1 aromatic rings. The molecule has 1 aromatic carbocycles. The topological polar surface area (TPSA) is 53.5 Å². The minimum Gasteiger partial charge on any atom is -0.346 e. The Morgan fingerprint density at radius 1 is 1.22 bits per heavy atom. The number of benzene rings is 1. The van der Waals surface area contributed by atoms with Crippen LogP contribution in [0.3, 0.4) is 0 Å². The summed E-state index contributed by atoms with van der Waals surface area (Å²) in [6.07, 6.45) is 6.63. The van der Waals surface area contributed by atoms with Crippen LogP contribution >= 0.6 is 11.8 Å². The molecule has 2 unspecified atom stereocenters. The van der Waals surface area contributed by atoms with Crippen LogP contribution in [0.1, 0.15) is 63.6 Å². The van der Waals surface area contributed by atoms with Crippen LogP contribution in [-0.4, -0.2) is 17.5 Å². The van der Waals surface area contributed by atoms with E-state index in [0.717, 1.165) is 52.7 Å². The van der Waals surface area contributed by atoms with Gasteiger partial charge in [0.05, 0.1) is 11.3 Å². The maximum atomic E-state index is 13.0. The van der Waals surface area contributed by atoms with Gasteiger partial charge in [-0.1, -0.05) is 44.2 Å². The Morgan fingerprint density at radius 3 is 2.69 bits per heavy atom. The van der Waals surface area contributed by atoms with Gasteiger partial charge >= 0.3 is 0 Å². The number of carbonyl (C=O) groups is 1. The van der Waals surface area contributed by atoms with Crippen molar-refractivity contribution < 1.29 is 4.79 Å². The van der Waals surface area contributed by atoms with E-state index in [1.165, 1.54) is 21.6 Å². The Kier molecular flexibility index (Phi) is 6.47. The summed E-state index contributed by atoms with van der Waals surface area (Å²) < 4.78 is 0. The van der Waals surface area contributed by atoms with E-state index in [2.05, 4.69) is 73.7 Å². The van der Waals surface area contributed by atoms with Gasteiger partial charge in [-0.05, 0) is 63.1 Å². The van der Waals surface area contributed by atoms with Crippen LogP contribution < -0.4 is 10.6 Å². The molecule has 32 heavy (non-hydrogen) atoms. The van der Waals surface area contributed by atoms with Gasteiger partial charge in [-0.15, -0.1) is 11.8 Å². The number of hydrogen-bond donors (Lipinski definition) is 2. The van der Waals surface area contributed by atoms with Gasteiger partial charge in [0.1, 0.15) is 5.84 Å². The van der Waals surface area contributed by atoms with Crippen molar-refractivity contribution in [1.82, 2.24) is 10.6 Å². The molecule has 0 saturated carbocycles. The standard InChI is InChI=1S/C27H33N3OS/c1-7-19-10-9-15(3)21(11-19)22-13-23-24(12-20(22)8-2)30-27(31)26(23)17(5)29-25-14-32-18(6)16(4)28-25/h9-13,20,22H,7-8,14H2,1-6H3,(H,28,29)(H,30,31)/b26-17-. The van der Waals surface area contributed by atoms with Crippen LogP contribution in [0.2, 0.25) is 0 Å². The molecule has 3 aliphatic rings. The second kappa shape index (κ2) is 9.14. The summed E-state index contributed by atoms with van der Waals surface area (Å²) in [4.78, 5) is 18.9. The molecule has 2 heterocycles. The SMILES string of the molecule is CCc1ccc(C)c(C2C=C3C(=CC2CC)NC(=O)/C3=C(/C)NC2=NC(C)=C(C)SC2)c1. The summed E-state index contributed by atoms with van der Waals surface area (Å²) in [6.45, 7) is 12.7. The molecular weight excluding hydrogens is 414 g/mol. The summed E-state index contributed by atoms with van der Waals surface area (Å²) in [6, 6.07) is 6.80. The van der Waals surface area contributed by atoms with Crippen LogP contribution in [0.25, 0.3) is 0 Å². The quantitative estimate of drug-likeness (QED) is 0.567. The molecule has 4 nitrogen and oxygen atoms in total. The minimum absolute atomic E-state index is 0.0328. The van der Waals surface area contributed by atoms with Crippen molar-refractivity contribution >= 4 is 23.5 Å². The van der Waals surface area contributed by atoms with Crippen molar-refractivity contribution in [2.24, 2.45) is 10.9 Å². The van der Waals surface area contributed by atoms with Crippen molar-refractivity contribution in [1.29, 1.82) is 0 Å². The second-order valence-electron chi connectivity index (χ2n) is 8.87. The first-order chi connectivity index (χ1) is 15.3. The number of aliphatic imine (C=N–C) groups is 1. The smallest absolute Gasteiger partial charge is 0.258 e. The van der Waals surface area contributed by atoms with Crippen molar-refractivity contribution in [3.8, 4) is 0 Å². The lowest BCUT2D eigenvalue weighted by Crippen LogP contribution is -2.28. The predicted octanol–water partition coefficient (Wildman–Crippen LogP) is 5.88. The number of carbonyl (C=O) groups excluding carboxylic acids is 1. The fraction of sp³-hybridized carbons (Fsp3) is 0.407. The number of rotatable bonds is 4. The normalized spacial score (nSPS) is 24.4. The van der Waals surface area contributed by atoms with Crippen LogP contribution in [0, 0.1) is 12.8 Å². The molecule has 0 radical (unpaired) electrons. The lowest BCUT2D eigenvalue weighted by Gasteiger charge is -2.28. The summed E-state index contributed by atoms with van der Waals surface area (Å²) in [7, 11) is 0. The van der Waals surface area contributed by atoms with Gasteiger partial charge in [0.25, 0.3) is 5.91 Å². The maximum absolute atomic E-state index is 13.0. The van der Waals surface area contributed by atoms with E-state index in [9.17, 15) is 4.79 Å². The zero-order chi connectivity index (χ0) is 23.0. The summed E-state index contributed by atoms with van der Waals surface area (Å²) in [5, 5.41) is 6.55. The molecule has 0 bridgehead atoms. The predicted molar refractivity (Wildman–Crippen MR) is 135 cm³/mol. The van der Waals surface area contributed by atoms with Gasteiger partial charge in [0, 0.05) is 33.5 Å². The van der Waals surface area contributed by atoms with E-state index >= 15 is 0 Å². The van der Waals surface area contributed by atoms with E-state index in [0.29, 0.717) is 5.92 Å². The lowest BCUT2D eigenvalue weighted by atomic mass is 9.76. The molecule has 0 spiro atoms. The van der Waals surface area contributed by atoms with Crippen molar-refractivity contribution in [2.45, 2.75) is 60.3 Å². The van der Waals surface area contributed by atoms with Gasteiger partial charge in [-0.2, -0.15) is 0 Å². The van der Waals surface area contributed by atoms with Gasteiger partial charge in [0.15, 0.2) is 0 Å². The number of amides is 1. The average molecular weight is 448 g/mol. The number of nitrogens with one attached hydrogen (secondary N) is 2. The molecule has 5 heteroatoms. The van der Waals surface area contributed by atoms with E-state index in [1.54, 1.807) is 11.8 Å². The molecule has 1 fully saturated rings. The first-order valence-electron chi connectivity index (χ1n) is 11.5.